The summed E-state index contributed by atoms with van der Waals surface area (Å²) in [6.07, 6.45) is 6.11. The number of hydrogen-bond acceptors (Lipinski definition) is 3. The third-order valence-electron chi connectivity index (χ3n) is 4.80. The Morgan fingerprint density at radius 2 is 1.96 bits per heavy atom. The van der Waals surface area contributed by atoms with Crippen LogP contribution < -0.4 is 0 Å². The number of likely N-dealkylation sites (tertiary alicyclic amines) is 1. The summed E-state index contributed by atoms with van der Waals surface area (Å²) in [5.41, 5.74) is 1.20. The minimum Gasteiger partial charge on any atom is -0.298 e. The van der Waals surface area contributed by atoms with Crippen molar-refractivity contribution in [3.63, 3.8) is 0 Å². The molecule has 3 aromatic rings. The van der Waals surface area contributed by atoms with Crippen molar-refractivity contribution in [2.75, 3.05) is 13.1 Å². The molecule has 0 radical (unpaired) electrons. The lowest BCUT2D eigenvalue weighted by atomic mass is 10.1. The number of halogens is 2. The lowest BCUT2D eigenvalue weighted by molar-refractivity contribution is 0.226. The summed E-state index contributed by atoms with van der Waals surface area (Å²) in [6, 6.07) is 14.4. The van der Waals surface area contributed by atoms with Crippen LogP contribution in [0.4, 0.5) is 0 Å². The highest BCUT2D eigenvalue weighted by atomic mass is 35.5. The van der Waals surface area contributed by atoms with E-state index < -0.39 is 0 Å². The zero-order valence-corrected chi connectivity index (χ0v) is 16.7. The summed E-state index contributed by atoms with van der Waals surface area (Å²) in [5, 5.41) is 4.50. The molecule has 1 unspecified atom stereocenters. The Kier molecular flexibility index (Phi) is 5.70. The molecule has 2 aromatic carbocycles. The van der Waals surface area contributed by atoms with Gasteiger partial charge in [-0.25, -0.2) is 0 Å². The normalized spacial score (nSPS) is 18.3. The number of benzene rings is 2. The molecule has 5 heteroatoms. The second kappa shape index (κ2) is 8.18. The lowest BCUT2D eigenvalue weighted by Gasteiger charge is -2.32. The SMILES string of the molecule is Clc1ccccc1CN1CCCC(Sc2cc3ccncc3cc2Cl)C1. The predicted molar refractivity (Wildman–Crippen MR) is 112 cm³/mol. The van der Waals surface area contributed by atoms with Gasteiger partial charge in [0, 0.05) is 46.0 Å². The van der Waals surface area contributed by atoms with Crippen molar-refractivity contribution in [1.82, 2.24) is 9.88 Å². The first-order chi connectivity index (χ1) is 12.7. The first-order valence-corrected chi connectivity index (χ1v) is 10.5. The van der Waals surface area contributed by atoms with Crippen molar-refractivity contribution in [1.29, 1.82) is 0 Å². The number of pyridine rings is 1. The van der Waals surface area contributed by atoms with Crippen LogP contribution in [0.3, 0.4) is 0 Å². The molecule has 0 aliphatic carbocycles. The molecule has 1 aliphatic heterocycles. The van der Waals surface area contributed by atoms with Crippen molar-refractivity contribution >= 4 is 45.7 Å². The van der Waals surface area contributed by atoms with E-state index in [2.05, 4.69) is 28.1 Å². The van der Waals surface area contributed by atoms with E-state index in [9.17, 15) is 0 Å². The standard InChI is InChI=1S/C21H20Cl2N2S/c22-19-6-2-1-4-16(19)13-25-9-3-5-18(14-25)26-21-11-15-7-8-24-12-17(15)10-20(21)23/h1-2,4,6-8,10-12,18H,3,5,9,13-14H2. The molecular formula is C21H20Cl2N2S. The number of thioether (sulfide) groups is 1. The Morgan fingerprint density at radius 3 is 2.85 bits per heavy atom. The van der Waals surface area contributed by atoms with Gasteiger partial charge in [-0.2, -0.15) is 0 Å². The van der Waals surface area contributed by atoms with Crippen LogP contribution in [-0.2, 0) is 6.54 Å². The van der Waals surface area contributed by atoms with Crippen LogP contribution in [0.5, 0.6) is 0 Å². The van der Waals surface area contributed by atoms with Gasteiger partial charge in [-0.3, -0.25) is 9.88 Å². The van der Waals surface area contributed by atoms with Crippen LogP contribution in [0.25, 0.3) is 10.8 Å². The van der Waals surface area contributed by atoms with Gasteiger partial charge in [-0.1, -0.05) is 41.4 Å². The number of rotatable bonds is 4. The Balaban J connectivity index is 1.47. The second-order valence-corrected chi connectivity index (χ2v) is 8.87. The molecule has 0 N–H and O–H groups in total. The van der Waals surface area contributed by atoms with Gasteiger partial charge in [-0.15, -0.1) is 11.8 Å². The summed E-state index contributed by atoms with van der Waals surface area (Å²) in [6.45, 7) is 3.09. The first kappa shape index (κ1) is 18.1. The summed E-state index contributed by atoms with van der Waals surface area (Å²) in [5.74, 6) is 0. The van der Waals surface area contributed by atoms with Crippen LogP contribution in [0.1, 0.15) is 18.4 Å². The molecule has 0 amide bonds. The highest BCUT2D eigenvalue weighted by molar-refractivity contribution is 8.00. The minimum absolute atomic E-state index is 0.544. The van der Waals surface area contributed by atoms with Gasteiger partial charge >= 0.3 is 0 Å². The van der Waals surface area contributed by atoms with Crippen molar-refractivity contribution < 1.29 is 0 Å². The monoisotopic (exact) mass is 402 g/mol. The summed E-state index contributed by atoms with van der Waals surface area (Å²) >= 11 is 14.8. The Hall–Kier alpha value is -1.26. The number of hydrogen-bond donors (Lipinski definition) is 0. The van der Waals surface area contributed by atoms with Crippen LogP contribution in [0.15, 0.2) is 59.8 Å². The van der Waals surface area contributed by atoms with Crippen molar-refractivity contribution in [3.8, 4) is 0 Å². The summed E-state index contributed by atoms with van der Waals surface area (Å²) in [7, 11) is 0. The molecule has 1 aliphatic rings. The highest BCUT2D eigenvalue weighted by Crippen LogP contribution is 2.37. The van der Waals surface area contributed by atoms with Crippen molar-refractivity contribution in [2.45, 2.75) is 29.5 Å². The lowest BCUT2D eigenvalue weighted by Crippen LogP contribution is -2.36. The molecule has 134 valence electrons. The van der Waals surface area contributed by atoms with E-state index in [1.165, 1.54) is 23.8 Å². The topological polar surface area (TPSA) is 16.1 Å². The van der Waals surface area contributed by atoms with E-state index in [0.717, 1.165) is 40.0 Å². The van der Waals surface area contributed by atoms with Crippen LogP contribution in [-0.4, -0.2) is 28.2 Å². The first-order valence-electron chi connectivity index (χ1n) is 8.85. The molecular weight excluding hydrogens is 383 g/mol. The number of fused-ring (bicyclic) bond motifs is 1. The average molecular weight is 403 g/mol. The van der Waals surface area contributed by atoms with Crippen LogP contribution >= 0.6 is 35.0 Å². The smallest absolute Gasteiger partial charge is 0.0548 e. The molecule has 1 saturated heterocycles. The van der Waals surface area contributed by atoms with E-state index in [4.69, 9.17) is 23.2 Å². The fraction of sp³-hybridized carbons (Fsp3) is 0.286. The fourth-order valence-electron chi connectivity index (χ4n) is 3.48. The van der Waals surface area contributed by atoms with Crippen molar-refractivity contribution in [3.05, 3.63) is 70.5 Å². The zero-order valence-electron chi connectivity index (χ0n) is 14.4. The maximum Gasteiger partial charge on any atom is 0.0548 e. The Morgan fingerprint density at radius 1 is 1.08 bits per heavy atom. The molecule has 4 rings (SSSR count). The molecule has 2 heterocycles. The number of nitrogens with zero attached hydrogens (tertiary/aromatic N) is 2. The molecule has 1 atom stereocenters. The van der Waals surface area contributed by atoms with E-state index in [0.29, 0.717) is 5.25 Å². The van der Waals surface area contributed by atoms with Crippen molar-refractivity contribution in [2.24, 2.45) is 0 Å². The van der Waals surface area contributed by atoms with E-state index in [1.54, 1.807) is 0 Å². The van der Waals surface area contributed by atoms with Gasteiger partial charge in [0.25, 0.3) is 0 Å². The largest absolute Gasteiger partial charge is 0.298 e. The highest BCUT2D eigenvalue weighted by Gasteiger charge is 2.22. The molecule has 26 heavy (non-hydrogen) atoms. The molecule has 0 saturated carbocycles. The average Bonchev–Trinajstić information content (AvgIpc) is 2.65. The van der Waals surface area contributed by atoms with E-state index in [1.807, 2.05) is 48.4 Å². The maximum atomic E-state index is 6.53. The third-order valence-corrected chi connectivity index (χ3v) is 6.90. The van der Waals surface area contributed by atoms with E-state index >= 15 is 0 Å². The van der Waals surface area contributed by atoms with Crippen LogP contribution in [0.2, 0.25) is 10.0 Å². The number of aromatic nitrogens is 1. The van der Waals surface area contributed by atoms with Gasteiger partial charge in [0.05, 0.1) is 5.02 Å². The van der Waals surface area contributed by atoms with Gasteiger partial charge in [0.2, 0.25) is 0 Å². The third kappa shape index (κ3) is 4.17. The van der Waals surface area contributed by atoms with Gasteiger partial charge in [0.15, 0.2) is 0 Å². The quantitative estimate of drug-likeness (QED) is 0.509. The molecule has 1 fully saturated rings. The molecule has 0 spiro atoms. The van der Waals surface area contributed by atoms with E-state index in [-0.39, 0.29) is 0 Å². The Bertz CT molecular complexity index is 915. The fourth-order valence-corrected chi connectivity index (χ4v) is 5.27. The Labute approximate surface area is 168 Å². The summed E-state index contributed by atoms with van der Waals surface area (Å²) in [4.78, 5) is 7.84. The zero-order chi connectivity index (χ0) is 17.9. The van der Waals surface area contributed by atoms with Gasteiger partial charge in [0.1, 0.15) is 0 Å². The van der Waals surface area contributed by atoms with Crippen LogP contribution in [0, 0.1) is 0 Å². The minimum atomic E-state index is 0.544. The second-order valence-electron chi connectivity index (χ2n) is 6.71. The number of piperidine rings is 1. The predicted octanol–water partition coefficient (Wildman–Crippen LogP) is 6.30. The summed E-state index contributed by atoms with van der Waals surface area (Å²) < 4.78 is 0. The van der Waals surface area contributed by atoms with Gasteiger partial charge < -0.3 is 0 Å². The molecule has 2 nitrogen and oxygen atoms in total. The van der Waals surface area contributed by atoms with Gasteiger partial charge in [-0.05, 0) is 54.6 Å². The molecule has 1 aromatic heterocycles. The molecule has 0 bridgehead atoms. The maximum absolute atomic E-state index is 6.53.